The molecule has 0 atom stereocenters. The zero-order valence-corrected chi connectivity index (χ0v) is 18.4. The number of allylic oxidation sites excluding steroid dienone is 2. The van der Waals surface area contributed by atoms with Gasteiger partial charge in [-0.25, -0.2) is 9.59 Å². The van der Waals surface area contributed by atoms with E-state index in [-0.39, 0.29) is 17.2 Å². The van der Waals surface area contributed by atoms with Crippen molar-refractivity contribution in [3.8, 4) is 23.0 Å². The number of hydrogen-bond acceptors (Lipinski definition) is 6. The molecule has 0 radical (unpaired) electrons. The minimum Gasteiger partial charge on any atom is -0.502 e. The highest BCUT2D eigenvalue weighted by atomic mass is 16.5. The Bertz CT molecular complexity index is 1050. The molecule has 0 aliphatic carbocycles. The first kappa shape index (κ1) is 24.3. The maximum Gasteiger partial charge on any atom is 0.336 e. The normalized spacial score (nSPS) is 10.9. The van der Waals surface area contributed by atoms with Crippen molar-refractivity contribution in [1.29, 1.82) is 0 Å². The number of esters is 1. The van der Waals surface area contributed by atoms with Crippen LogP contribution in [0.2, 0.25) is 0 Å². The van der Waals surface area contributed by atoms with E-state index >= 15 is 0 Å². The second-order valence-corrected chi connectivity index (χ2v) is 7.05. The van der Waals surface area contributed by atoms with Crippen molar-refractivity contribution in [2.24, 2.45) is 0 Å². The summed E-state index contributed by atoms with van der Waals surface area (Å²) in [5.74, 6) is -0.957. The molecule has 168 valence electrons. The fourth-order valence-corrected chi connectivity index (χ4v) is 2.76. The van der Waals surface area contributed by atoms with Gasteiger partial charge in [0.2, 0.25) is 5.75 Å². The molecule has 0 spiro atoms. The summed E-state index contributed by atoms with van der Waals surface area (Å²) >= 11 is 0. The third-order valence-electron chi connectivity index (χ3n) is 4.36. The van der Waals surface area contributed by atoms with Crippen molar-refractivity contribution in [1.82, 2.24) is 0 Å². The van der Waals surface area contributed by atoms with Gasteiger partial charge >= 0.3 is 11.9 Å². The number of carboxylic acids is 1. The van der Waals surface area contributed by atoms with Gasteiger partial charge in [0.15, 0.2) is 11.5 Å². The number of phenols is 1. The zero-order chi connectivity index (χ0) is 23.7. The first-order chi connectivity index (χ1) is 15.2. The van der Waals surface area contributed by atoms with Crippen LogP contribution < -0.4 is 14.2 Å². The molecule has 32 heavy (non-hydrogen) atoms. The largest absolute Gasteiger partial charge is 0.502 e. The number of phenolic OH excluding ortho intramolecular Hbond substituents is 1. The number of carbonyl (C=O) groups is 2. The van der Waals surface area contributed by atoms with Crippen molar-refractivity contribution in [3.05, 3.63) is 70.8 Å². The Morgan fingerprint density at radius 1 is 0.906 bits per heavy atom. The summed E-state index contributed by atoms with van der Waals surface area (Å²) in [7, 11) is 2.83. The van der Waals surface area contributed by atoms with Gasteiger partial charge < -0.3 is 24.4 Å². The summed E-state index contributed by atoms with van der Waals surface area (Å²) in [5.41, 5.74) is 3.10. The summed E-state index contributed by atoms with van der Waals surface area (Å²) < 4.78 is 15.7. The smallest absolute Gasteiger partial charge is 0.336 e. The monoisotopic (exact) mass is 438 g/mol. The molecule has 0 saturated carbocycles. The maximum atomic E-state index is 12.4. The number of aliphatic carboxylic acids is 1. The summed E-state index contributed by atoms with van der Waals surface area (Å²) in [6.45, 7) is 3.92. The van der Waals surface area contributed by atoms with E-state index in [1.165, 1.54) is 32.4 Å². The fraction of sp³-hybridized carbons (Fsp3) is 0.200. The van der Waals surface area contributed by atoms with Crippen LogP contribution in [-0.2, 0) is 16.0 Å². The van der Waals surface area contributed by atoms with Crippen LogP contribution in [0.3, 0.4) is 0 Å². The molecule has 2 aromatic rings. The third-order valence-corrected chi connectivity index (χ3v) is 4.36. The van der Waals surface area contributed by atoms with Crippen LogP contribution >= 0.6 is 0 Å². The van der Waals surface area contributed by atoms with Crippen molar-refractivity contribution in [2.75, 3.05) is 14.2 Å². The standard InChI is InChI=1S/C25H26O7/c1-16(2)5-9-19-13-17(7-11-23(26)27)6-10-20(19)32-24(28)12-8-18-14-21(30-3)25(29)22(15-18)31-4/h5-8,10-15,29H,9H2,1-4H3,(H,26,27)/b11-7+,12-8+. The predicted octanol–water partition coefficient (Wildman–Crippen LogP) is 4.63. The molecule has 0 aliphatic heterocycles. The molecular formula is C25H26O7. The number of benzene rings is 2. The number of methoxy groups -OCH3 is 2. The Morgan fingerprint density at radius 2 is 1.53 bits per heavy atom. The van der Waals surface area contributed by atoms with E-state index in [1.807, 2.05) is 19.9 Å². The fourth-order valence-electron chi connectivity index (χ4n) is 2.76. The zero-order valence-electron chi connectivity index (χ0n) is 18.4. The van der Waals surface area contributed by atoms with E-state index in [0.717, 1.165) is 17.2 Å². The van der Waals surface area contributed by atoms with Crippen LogP contribution in [0.1, 0.15) is 30.5 Å². The Kier molecular flexibility index (Phi) is 8.65. The lowest BCUT2D eigenvalue weighted by molar-refractivity contribution is -0.131. The van der Waals surface area contributed by atoms with Gasteiger partial charge in [-0.05, 0) is 73.4 Å². The number of aromatic hydroxyl groups is 1. The lowest BCUT2D eigenvalue weighted by Crippen LogP contribution is -2.06. The molecule has 0 heterocycles. The molecule has 2 N–H and O–H groups in total. The topological polar surface area (TPSA) is 102 Å². The Labute approximate surface area is 186 Å². The average molecular weight is 438 g/mol. The van der Waals surface area contributed by atoms with Crippen LogP contribution in [0.15, 0.2) is 54.1 Å². The van der Waals surface area contributed by atoms with Crippen molar-refractivity contribution in [2.45, 2.75) is 20.3 Å². The third kappa shape index (κ3) is 7.05. The van der Waals surface area contributed by atoms with Gasteiger partial charge in [-0.15, -0.1) is 0 Å². The minimum atomic E-state index is -1.04. The second-order valence-electron chi connectivity index (χ2n) is 7.05. The molecule has 7 nitrogen and oxygen atoms in total. The number of carboxylic acid groups (broad SMARTS) is 1. The van der Waals surface area contributed by atoms with Gasteiger partial charge in [0.05, 0.1) is 14.2 Å². The summed E-state index contributed by atoms with van der Waals surface area (Å²) in [4.78, 5) is 23.2. The van der Waals surface area contributed by atoms with Crippen LogP contribution in [-0.4, -0.2) is 36.4 Å². The molecule has 0 saturated heterocycles. The van der Waals surface area contributed by atoms with E-state index in [1.54, 1.807) is 30.3 Å². The molecule has 0 bridgehead atoms. The van der Waals surface area contributed by atoms with Crippen molar-refractivity contribution >= 4 is 24.1 Å². The molecule has 7 heteroatoms. The molecular weight excluding hydrogens is 412 g/mol. The van der Waals surface area contributed by atoms with Gasteiger partial charge in [0, 0.05) is 12.2 Å². The highest BCUT2D eigenvalue weighted by Crippen LogP contribution is 2.37. The van der Waals surface area contributed by atoms with Crippen LogP contribution in [0, 0.1) is 0 Å². The minimum absolute atomic E-state index is 0.129. The number of ether oxygens (including phenoxy) is 3. The lowest BCUT2D eigenvalue weighted by atomic mass is 10.0. The van der Waals surface area contributed by atoms with E-state index in [2.05, 4.69) is 0 Å². The highest BCUT2D eigenvalue weighted by Gasteiger charge is 2.11. The molecule has 0 amide bonds. The number of hydrogen-bond donors (Lipinski definition) is 2. The molecule has 2 aromatic carbocycles. The molecule has 0 aliphatic rings. The van der Waals surface area contributed by atoms with E-state index < -0.39 is 11.9 Å². The predicted molar refractivity (Wildman–Crippen MR) is 122 cm³/mol. The van der Waals surface area contributed by atoms with Crippen LogP contribution in [0.5, 0.6) is 23.0 Å². The molecule has 0 unspecified atom stereocenters. The highest BCUT2D eigenvalue weighted by molar-refractivity contribution is 5.89. The average Bonchev–Trinajstić information content (AvgIpc) is 2.76. The van der Waals surface area contributed by atoms with Crippen LogP contribution in [0.25, 0.3) is 12.2 Å². The maximum absolute atomic E-state index is 12.4. The van der Waals surface area contributed by atoms with Crippen molar-refractivity contribution < 1.29 is 34.0 Å². The van der Waals surface area contributed by atoms with Gasteiger partial charge in [-0.2, -0.15) is 0 Å². The van der Waals surface area contributed by atoms with E-state index in [9.17, 15) is 14.7 Å². The first-order valence-electron chi connectivity index (χ1n) is 9.75. The summed E-state index contributed by atoms with van der Waals surface area (Å²) in [6, 6.07) is 8.21. The van der Waals surface area contributed by atoms with Gasteiger partial charge in [0.1, 0.15) is 5.75 Å². The van der Waals surface area contributed by atoms with Gasteiger partial charge in [0.25, 0.3) is 0 Å². The van der Waals surface area contributed by atoms with E-state index in [4.69, 9.17) is 19.3 Å². The Balaban J connectivity index is 2.26. The van der Waals surface area contributed by atoms with Gasteiger partial charge in [-0.1, -0.05) is 17.7 Å². The van der Waals surface area contributed by atoms with Gasteiger partial charge in [-0.3, -0.25) is 0 Å². The summed E-state index contributed by atoms with van der Waals surface area (Å²) in [6.07, 6.45) is 7.82. The first-order valence-corrected chi connectivity index (χ1v) is 9.75. The SMILES string of the molecule is COc1cc(/C=C/C(=O)Oc2ccc(/C=C/C(=O)O)cc2CC=C(C)C)cc(OC)c1O. The molecule has 2 rings (SSSR count). The molecule has 0 fully saturated rings. The second kappa shape index (κ2) is 11.4. The quantitative estimate of drug-likeness (QED) is 0.255. The lowest BCUT2D eigenvalue weighted by Gasteiger charge is -2.10. The Morgan fingerprint density at radius 3 is 2.09 bits per heavy atom. The van der Waals surface area contributed by atoms with E-state index in [0.29, 0.717) is 23.3 Å². The van der Waals surface area contributed by atoms with Crippen LogP contribution in [0.4, 0.5) is 0 Å². The Hall–Kier alpha value is -4.00. The number of carbonyl (C=O) groups excluding carboxylic acids is 1. The summed E-state index contributed by atoms with van der Waals surface area (Å²) in [5, 5.41) is 18.8. The number of rotatable bonds is 9. The molecule has 0 aromatic heterocycles. The van der Waals surface area contributed by atoms with Crippen molar-refractivity contribution in [3.63, 3.8) is 0 Å².